The standard InChI is InChI=1S/C12H16O3/c1-10(7-8-14-9-13)3-5-12-6-4-11(2)15-12/h4,6-7,9H,3,5,8H2,1-2H3/b10-7+. The molecular weight excluding hydrogens is 192 g/mol. The Morgan fingerprint density at radius 1 is 1.53 bits per heavy atom. The summed E-state index contributed by atoms with van der Waals surface area (Å²) in [7, 11) is 0. The van der Waals surface area contributed by atoms with Crippen molar-refractivity contribution in [2.45, 2.75) is 26.7 Å². The summed E-state index contributed by atoms with van der Waals surface area (Å²) in [6.45, 7) is 4.76. The van der Waals surface area contributed by atoms with Gasteiger partial charge in [0.2, 0.25) is 0 Å². The van der Waals surface area contributed by atoms with E-state index in [0.29, 0.717) is 13.1 Å². The number of furan rings is 1. The molecule has 0 aliphatic rings. The van der Waals surface area contributed by atoms with Gasteiger partial charge >= 0.3 is 0 Å². The van der Waals surface area contributed by atoms with Gasteiger partial charge in [-0.1, -0.05) is 5.57 Å². The van der Waals surface area contributed by atoms with Gasteiger partial charge < -0.3 is 9.15 Å². The van der Waals surface area contributed by atoms with Gasteiger partial charge in [0.05, 0.1) is 0 Å². The van der Waals surface area contributed by atoms with Crippen LogP contribution in [0.4, 0.5) is 0 Å². The summed E-state index contributed by atoms with van der Waals surface area (Å²) in [5, 5.41) is 0. The second-order valence-electron chi connectivity index (χ2n) is 3.49. The van der Waals surface area contributed by atoms with Crippen molar-refractivity contribution in [2.24, 2.45) is 0 Å². The van der Waals surface area contributed by atoms with Crippen molar-refractivity contribution >= 4 is 6.47 Å². The first-order valence-electron chi connectivity index (χ1n) is 4.98. The first-order chi connectivity index (χ1) is 7.22. The minimum atomic E-state index is 0.354. The summed E-state index contributed by atoms with van der Waals surface area (Å²) >= 11 is 0. The van der Waals surface area contributed by atoms with E-state index in [1.54, 1.807) is 0 Å². The monoisotopic (exact) mass is 208 g/mol. The van der Waals surface area contributed by atoms with Crippen LogP contribution in [0, 0.1) is 6.92 Å². The van der Waals surface area contributed by atoms with Gasteiger partial charge in [-0.05, 0) is 38.5 Å². The molecule has 15 heavy (non-hydrogen) atoms. The van der Waals surface area contributed by atoms with E-state index < -0.39 is 0 Å². The second kappa shape index (κ2) is 6.06. The molecule has 0 atom stereocenters. The van der Waals surface area contributed by atoms with Gasteiger partial charge in [0.15, 0.2) is 0 Å². The molecule has 0 N–H and O–H groups in total. The second-order valence-corrected chi connectivity index (χ2v) is 3.49. The Morgan fingerprint density at radius 3 is 2.93 bits per heavy atom. The van der Waals surface area contributed by atoms with Crippen molar-refractivity contribution in [1.82, 2.24) is 0 Å². The fourth-order valence-corrected chi connectivity index (χ4v) is 1.27. The van der Waals surface area contributed by atoms with Crippen molar-refractivity contribution in [3.63, 3.8) is 0 Å². The Morgan fingerprint density at radius 2 is 2.33 bits per heavy atom. The van der Waals surface area contributed by atoms with Crippen LogP contribution in [0.2, 0.25) is 0 Å². The molecule has 1 heterocycles. The lowest BCUT2D eigenvalue weighted by molar-refractivity contribution is -0.127. The lowest BCUT2D eigenvalue weighted by Crippen LogP contribution is -1.90. The van der Waals surface area contributed by atoms with E-state index in [9.17, 15) is 4.79 Å². The highest BCUT2D eigenvalue weighted by atomic mass is 16.5. The molecule has 0 aliphatic carbocycles. The van der Waals surface area contributed by atoms with Crippen LogP contribution >= 0.6 is 0 Å². The predicted molar refractivity (Wildman–Crippen MR) is 57.5 cm³/mol. The highest BCUT2D eigenvalue weighted by Crippen LogP contribution is 2.11. The zero-order chi connectivity index (χ0) is 11.1. The van der Waals surface area contributed by atoms with Crippen LogP contribution in [-0.2, 0) is 16.0 Å². The largest absolute Gasteiger partial charge is 0.466 e. The van der Waals surface area contributed by atoms with Crippen molar-refractivity contribution in [3.8, 4) is 0 Å². The van der Waals surface area contributed by atoms with Crippen LogP contribution in [-0.4, -0.2) is 13.1 Å². The maximum absolute atomic E-state index is 9.90. The van der Waals surface area contributed by atoms with Crippen LogP contribution in [0.5, 0.6) is 0 Å². The minimum absolute atomic E-state index is 0.354. The number of allylic oxidation sites excluding steroid dienone is 1. The quantitative estimate of drug-likeness (QED) is 0.410. The van der Waals surface area contributed by atoms with Crippen LogP contribution < -0.4 is 0 Å². The fraction of sp³-hybridized carbons (Fsp3) is 0.417. The molecule has 0 amide bonds. The maximum atomic E-state index is 9.90. The molecule has 1 aromatic heterocycles. The zero-order valence-corrected chi connectivity index (χ0v) is 9.16. The first-order valence-corrected chi connectivity index (χ1v) is 4.98. The van der Waals surface area contributed by atoms with E-state index in [0.717, 1.165) is 24.4 Å². The Balaban J connectivity index is 2.30. The number of rotatable bonds is 6. The van der Waals surface area contributed by atoms with E-state index in [4.69, 9.17) is 4.42 Å². The van der Waals surface area contributed by atoms with Gasteiger partial charge in [-0.2, -0.15) is 0 Å². The van der Waals surface area contributed by atoms with E-state index in [2.05, 4.69) is 4.74 Å². The summed E-state index contributed by atoms with van der Waals surface area (Å²) in [6.07, 6.45) is 3.72. The summed E-state index contributed by atoms with van der Waals surface area (Å²) in [4.78, 5) is 9.90. The smallest absolute Gasteiger partial charge is 0.293 e. The number of ether oxygens (including phenoxy) is 1. The Bertz CT molecular complexity index is 336. The molecule has 0 saturated carbocycles. The van der Waals surface area contributed by atoms with Gasteiger partial charge in [-0.3, -0.25) is 4.79 Å². The molecule has 1 aromatic rings. The highest BCUT2D eigenvalue weighted by Gasteiger charge is 1.98. The molecule has 82 valence electrons. The molecule has 3 nitrogen and oxygen atoms in total. The molecule has 3 heteroatoms. The number of hydrogen-bond donors (Lipinski definition) is 0. The normalized spacial score (nSPS) is 11.5. The van der Waals surface area contributed by atoms with Crippen molar-refractivity contribution in [2.75, 3.05) is 6.61 Å². The lowest BCUT2D eigenvalue weighted by atomic mass is 10.1. The van der Waals surface area contributed by atoms with Gasteiger partial charge in [0.1, 0.15) is 18.1 Å². The summed E-state index contributed by atoms with van der Waals surface area (Å²) in [5.74, 6) is 1.94. The summed E-state index contributed by atoms with van der Waals surface area (Å²) in [6, 6.07) is 3.95. The van der Waals surface area contributed by atoms with Gasteiger partial charge in [0, 0.05) is 6.42 Å². The third kappa shape index (κ3) is 4.49. The van der Waals surface area contributed by atoms with Gasteiger partial charge in [-0.25, -0.2) is 0 Å². The number of carbonyl (C=O) groups is 1. The van der Waals surface area contributed by atoms with E-state index in [1.807, 2.05) is 32.1 Å². The Labute approximate surface area is 89.7 Å². The molecule has 0 bridgehead atoms. The fourth-order valence-electron chi connectivity index (χ4n) is 1.27. The number of carbonyl (C=O) groups excluding carboxylic acids is 1. The highest BCUT2D eigenvalue weighted by molar-refractivity contribution is 5.37. The minimum Gasteiger partial charge on any atom is -0.466 e. The summed E-state index contributed by atoms with van der Waals surface area (Å²) in [5.41, 5.74) is 1.20. The third-order valence-electron chi connectivity index (χ3n) is 2.16. The van der Waals surface area contributed by atoms with Crippen molar-refractivity contribution in [3.05, 3.63) is 35.3 Å². The Kier molecular flexibility index (Phi) is 4.68. The molecule has 1 rings (SSSR count). The average Bonchev–Trinajstić information content (AvgIpc) is 2.62. The van der Waals surface area contributed by atoms with Crippen LogP contribution in [0.25, 0.3) is 0 Å². The first kappa shape index (κ1) is 11.6. The maximum Gasteiger partial charge on any atom is 0.293 e. The molecule has 0 radical (unpaired) electrons. The van der Waals surface area contributed by atoms with Crippen molar-refractivity contribution in [1.29, 1.82) is 0 Å². The SMILES string of the molecule is C/C(=C\COC=O)CCc1ccc(C)o1. The predicted octanol–water partition coefficient (Wildman–Crippen LogP) is 2.64. The third-order valence-corrected chi connectivity index (χ3v) is 2.16. The van der Waals surface area contributed by atoms with Crippen LogP contribution in [0.1, 0.15) is 24.9 Å². The topological polar surface area (TPSA) is 39.4 Å². The lowest BCUT2D eigenvalue weighted by Gasteiger charge is -1.99. The number of aryl methyl sites for hydroxylation is 2. The number of hydrogen-bond acceptors (Lipinski definition) is 3. The molecule has 0 spiro atoms. The van der Waals surface area contributed by atoms with E-state index in [-0.39, 0.29) is 0 Å². The van der Waals surface area contributed by atoms with E-state index >= 15 is 0 Å². The molecule has 0 aliphatic heterocycles. The van der Waals surface area contributed by atoms with E-state index in [1.165, 1.54) is 5.57 Å². The molecule has 0 saturated heterocycles. The Hall–Kier alpha value is -1.51. The molecule has 0 fully saturated rings. The molecule has 0 unspecified atom stereocenters. The van der Waals surface area contributed by atoms with Crippen molar-refractivity contribution < 1.29 is 13.9 Å². The zero-order valence-electron chi connectivity index (χ0n) is 9.16. The van der Waals surface area contributed by atoms with Crippen LogP contribution in [0.3, 0.4) is 0 Å². The molecular formula is C12H16O3. The average molecular weight is 208 g/mol. The molecule has 0 aromatic carbocycles. The van der Waals surface area contributed by atoms with Gasteiger partial charge in [-0.15, -0.1) is 0 Å². The summed E-state index contributed by atoms with van der Waals surface area (Å²) < 4.78 is 10.0. The van der Waals surface area contributed by atoms with Crippen LogP contribution in [0.15, 0.2) is 28.2 Å². The van der Waals surface area contributed by atoms with Gasteiger partial charge in [0.25, 0.3) is 6.47 Å².